The predicted molar refractivity (Wildman–Crippen MR) is 34.3 cm³/mol. The minimum absolute atomic E-state index is 0.0810. The molecule has 1 amide bonds. The Hall–Kier alpha value is -0.830. The lowest BCUT2D eigenvalue weighted by Gasteiger charge is -2.14. The Bertz CT molecular complexity index is 144. The minimum atomic E-state index is -0.130. The van der Waals surface area contributed by atoms with Crippen molar-refractivity contribution < 1.29 is 4.79 Å². The maximum atomic E-state index is 10.8. The van der Waals surface area contributed by atoms with E-state index in [0.29, 0.717) is 6.42 Å². The van der Waals surface area contributed by atoms with Gasteiger partial charge < -0.3 is 10.6 Å². The Kier molecular flexibility index (Phi) is 1.53. The van der Waals surface area contributed by atoms with Gasteiger partial charge in [0.25, 0.3) is 0 Å². The summed E-state index contributed by atoms with van der Waals surface area (Å²) in [6, 6.07) is 0. The van der Waals surface area contributed by atoms with Gasteiger partial charge in [0.05, 0.1) is 6.17 Å². The fourth-order valence-corrected chi connectivity index (χ4v) is 0.962. The van der Waals surface area contributed by atoms with E-state index >= 15 is 0 Å². The summed E-state index contributed by atoms with van der Waals surface area (Å²) < 4.78 is 0. The summed E-state index contributed by atoms with van der Waals surface area (Å²) in [5.41, 5.74) is 5.51. The Morgan fingerprint density at radius 2 is 2.56 bits per heavy atom. The lowest BCUT2D eigenvalue weighted by molar-refractivity contribution is -0.126. The summed E-state index contributed by atoms with van der Waals surface area (Å²) in [6.45, 7) is 3.47. The molecule has 1 rings (SSSR count). The summed E-state index contributed by atoms with van der Waals surface area (Å²) in [5, 5.41) is 0. The van der Waals surface area contributed by atoms with Crippen LogP contribution in [0.5, 0.6) is 0 Å². The number of hydrogen-bond donors (Lipinski definition) is 1. The Morgan fingerprint density at radius 3 is 2.78 bits per heavy atom. The van der Waals surface area contributed by atoms with Crippen LogP contribution in [0.2, 0.25) is 0 Å². The molecule has 1 heterocycles. The van der Waals surface area contributed by atoms with Crippen molar-refractivity contribution in [2.24, 2.45) is 5.73 Å². The van der Waals surface area contributed by atoms with Crippen molar-refractivity contribution in [2.75, 3.05) is 0 Å². The third-order valence-corrected chi connectivity index (χ3v) is 1.50. The van der Waals surface area contributed by atoms with E-state index in [9.17, 15) is 4.79 Å². The van der Waals surface area contributed by atoms with Gasteiger partial charge in [-0.25, -0.2) is 0 Å². The Balaban J connectivity index is 2.65. The quantitative estimate of drug-likeness (QED) is 0.539. The average molecular weight is 126 g/mol. The second kappa shape index (κ2) is 2.19. The molecule has 0 bridgehead atoms. The first kappa shape index (κ1) is 6.29. The number of hydrogen-bond acceptors (Lipinski definition) is 2. The molecule has 0 spiro atoms. The maximum Gasteiger partial charge on any atom is 0.227 e. The van der Waals surface area contributed by atoms with Gasteiger partial charge in [0.2, 0.25) is 5.91 Å². The van der Waals surface area contributed by atoms with Crippen LogP contribution < -0.4 is 5.73 Å². The van der Waals surface area contributed by atoms with Crippen molar-refractivity contribution >= 4 is 5.91 Å². The first-order chi connectivity index (χ1) is 4.25. The van der Waals surface area contributed by atoms with Gasteiger partial charge in [-0.1, -0.05) is 6.58 Å². The molecule has 0 saturated carbocycles. The topological polar surface area (TPSA) is 46.3 Å². The molecule has 3 nitrogen and oxygen atoms in total. The molecule has 3 heteroatoms. The molecule has 0 radical (unpaired) electrons. The molecule has 1 unspecified atom stereocenters. The highest BCUT2D eigenvalue weighted by atomic mass is 16.2. The first-order valence-corrected chi connectivity index (χ1v) is 2.95. The minimum Gasteiger partial charge on any atom is -0.311 e. The number of likely N-dealkylation sites (tertiary alicyclic amines) is 1. The van der Waals surface area contributed by atoms with Crippen LogP contribution in [-0.2, 0) is 4.79 Å². The van der Waals surface area contributed by atoms with Crippen LogP contribution in [0.3, 0.4) is 0 Å². The molecule has 2 N–H and O–H groups in total. The summed E-state index contributed by atoms with van der Waals surface area (Å²) in [5.74, 6) is 0.0810. The van der Waals surface area contributed by atoms with Gasteiger partial charge in [-0.3, -0.25) is 4.79 Å². The molecule has 1 aliphatic heterocycles. The third kappa shape index (κ3) is 0.954. The van der Waals surface area contributed by atoms with Gasteiger partial charge in [0, 0.05) is 12.6 Å². The van der Waals surface area contributed by atoms with Crippen LogP contribution >= 0.6 is 0 Å². The molecule has 1 saturated heterocycles. The zero-order valence-corrected chi connectivity index (χ0v) is 5.21. The highest BCUT2D eigenvalue weighted by molar-refractivity contribution is 5.79. The summed E-state index contributed by atoms with van der Waals surface area (Å²) in [4.78, 5) is 12.3. The number of carbonyl (C=O) groups excluding carboxylic acids is 1. The van der Waals surface area contributed by atoms with E-state index in [1.807, 2.05) is 0 Å². The molecular formula is C6H10N2O. The summed E-state index contributed by atoms with van der Waals surface area (Å²) >= 11 is 0. The average Bonchev–Trinajstić information content (AvgIpc) is 2.12. The molecule has 1 atom stereocenters. The van der Waals surface area contributed by atoms with Gasteiger partial charge in [-0.05, 0) is 6.42 Å². The van der Waals surface area contributed by atoms with E-state index in [-0.39, 0.29) is 12.1 Å². The fourth-order valence-electron chi connectivity index (χ4n) is 0.962. The summed E-state index contributed by atoms with van der Waals surface area (Å²) in [6.07, 6.45) is 2.67. The van der Waals surface area contributed by atoms with Crippen molar-refractivity contribution in [3.05, 3.63) is 12.8 Å². The van der Waals surface area contributed by atoms with Gasteiger partial charge in [0.15, 0.2) is 0 Å². The highest BCUT2D eigenvalue weighted by Crippen LogP contribution is 2.13. The van der Waals surface area contributed by atoms with E-state index < -0.39 is 0 Å². The second-order valence-corrected chi connectivity index (χ2v) is 2.09. The Labute approximate surface area is 54.1 Å². The van der Waals surface area contributed by atoms with Crippen molar-refractivity contribution in [1.29, 1.82) is 0 Å². The van der Waals surface area contributed by atoms with Crippen molar-refractivity contribution in [1.82, 2.24) is 4.90 Å². The molecule has 9 heavy (non-hydrogen) atoms. The highest BCUT2D eigenvalue weighted by Gasteiger charge is 2.24. The monoisotopic (exact) mass is 126 g/mol. The number of nitrogens with zero attached hydrogens (tertiary/aromatic N) is 1. The van der Waals surface area contributed by atoms with Gasteiger partial charge in [-0.2, -0.15) is 0 Å². The number of amides is 1. The van der Waals surface area contributed by atoms with Crippen LogP contribution in [0.1, 0.15) is 12.8 Å². The van der Waals surface area contributed by atoms with E-state index in [1.54, 1.807) is 0 Å². The number of rotatable bonds is 1. The second-order valence-electron chi connectivity index (χ2n) is 2.09. The van der Waals surface area contributed by atoms with Crippen LogP contribution in [0.25, 0.3) is 0 Å². The SMILES string of the molecule is C=CN1C(=O)CCC1N. The Morgan fingerprint density at radius 1 is 1.89 bits per heavy atom. The smallest absolute Gasteiger partial charge is 0.227 e. The largest absolute Gasteiger partial charge is 0.311 e. The zero-order chi connectivity index (χ0) is 6.85. The molecule has 0 aromatic carbocycles. The van der Waals surface area contributed by atoms with E-state index in [2.05, 4.69) is 6.58 Å². The number of nitrogens with two attached hydrogens (primary N) is 1. The van der Waals surface area contributed by atoms with Crippen LogP contribution in [0, 0.1) is 0 Å². The van der Waals surface area contributed by atoms with Crippen LogP contribution in [-0.4, -0.2) is 17.0 Å². The van der Waals surface area contributed by atoms with E-state index in [1.165, 1.54) is 11.1 Å². The molecule has 0 aromatic rings. The lowest BCUT2D eigenvalue weighted by Crippen LogP contribution is -2.34. The van der Waals surface area contributed by atoms with Gasteiger partial charge >= 0.3 is 0 Å². The normalized spacial score (nSPS) is 27.0. The van der Waals surface area contributed by atoms with E-state index in [4.69, 9.17) is 5.73 Å². The van der Waals surface area contributed by atoms with Gasteiger partial charge in [-0.15, -0.1) is 0 Å². The molecule has 50 valence electrons. The van der Waals surface area contributed by atoms with Crippen molar-refractivity contribution in [3.8, 4) is 0 Å². The standard InChI is InChI=1S/C6H10N2O/c1-2-8-5(7)3-4-6(8)9/h2,5H,1,3-4,7H2. The van der Waals surface area contributed by atoms with Crippen molar-refractivity contribution in [2.45, 2.75) is 19.0 Å². The molecular weight excluding hydrogens is 116 g/mol. The third-order valence-electron chi connectivity index (χ3n) is 1.50. The molecule has 0 aliphatic carbocycles. The molecule has 1 fully saturated rings. The predicted octanol–water partition coefficient (Wildman–Crippen LogP) is 0.0371. The van der Waals surface area contributed by atoms with Crippen molar-refractivity contribution in [3.63, 3.8) is 0 Å². The van der Waals surface area contributed by atoms with E-state index in [0.717, 1.165) is 6.42 Å². The molecule has 1 aliphatic rings. The maximum absolute atomic E-state index is 10.8. The first-order valence-electron chi connectivity index (χ1n) is 2.95. The van der Waals surface area contributed by atoms with Crippen LogP contribution in [0.4, 0.5) is 0 Å². The molecule has 0 aromatic heterocycles. The fraction of sp³-hybridized carbons (Fsp3) is 0.500. The lowest BCUT2D eigenvalue weighted by atomic mass is 10.3. The van der Waals surface area contributed by atoms with Crippen LogP contribution in [0.15, 0.2) is 12.8 Å². The zero-order valence-electron chi connectivity index (χ0n) is 5.21. The summed E-state index contributed by atoms with van der Waals surface area (Å²) in [7, 11) is 0. The van der Waals surface area contributed by atoms with Gasteiger partial charge in [0.1, 0.15) is 0 Å². The number of carbonyl (C=O) groups is 1.